The number of benzene rings is 2. The van der Waals surface area contributed by atoms with Gasteiger partial charge in [0.05, 0.1) is 18.3 Å². The first-order valence-corrected chi connectivity index (χ1v) is 8.91. The molecule has 8 heteroatoms. The fourth-order valence-electron chi connectivity index (χ4n) is 2.81. The van der Waals surface area contributed by atoms with Crippen LogP contribution in [0, 0.1) is 6.92 Å². The SMILES string of the molecule is COc1cc2c(Nc3ccc(C)c(O)c3)ncnc2cc1OCc1ccncn1. The minimum absolute atomic E-state index is 0.214. The van der Waals surface area contributed by atoms with Crippen molar-refractivity contribution in [2.45, 2.75) is 13.5 Å². The Kier molecular flexibility index (Phi) is 5.07. The third kappa shape index (κ3) is 4.01. The molecule has 0 bridgehead atoms. The van der Waals surface area contributed by atoms with Crippen molar-refractivity contribution in [1.82, 2.24) is 19.9 Å². The summed E-state index contributed by atoms with van der Waals surface area (Å²) < 4.78 is 11.4. The maximum Gasteiger partial charge on any atom is 0.163 e. The number of ether oxygens (including phenoxy) is 2. The van der Waals surface area contributed by atoms with Gasteiger partial charge in [-0.1, -0.05) is 6.07 Å². The minimum atomic E-state index is 0.214. The van der Waals surface area contributed by atoms with E-state index in [9.17, 15) is 5.11 Å². The maximum atomic E-state index is 9.94. The molecule has 146 valence electrons. The van der Waals surface area contributed by atoms with Crippen LogP contribution in [0.1, 0.15) is 11.3 Å². The summed E-state index contributed by atoms with van der Waals surface area (Å²) in [6.07, 6.45) is 4.61. The molecule has 0 spiro atoms. The molecule has 0 amide bonds. The largest absolute Gasteiger partial charge is 0.508 e. The lowest BCUT2D eigenvalue weighted by Gasteiger charge is -2.14. The zero-order valence-electron chi connectivity index (χ0n) is 16.0. The molecular formula is C21H19N5O3. The summed E-state index contributed by atoms with van der Waals surface area (Å²) >= 11 is 0. The van der Waals surface area contributed by atoms with E-state index in [0.29, 0.717) is 22.8 Å². The molecule has 0 aliphatic rings. The number of aryl methyl sites for hydroxylation is 1. The highest BCUT2D eigenvalue weighted by Crippen LogP contribution is 2.35. The number of hydrogen-bond acceptors (Lipinski definition) is 8. The van der Waals surface area contributed by atoms with E-state index in [4.69, 9.17) is 9.47 Å². The topological polar surface area (TPSA) is 102 Å². The van der Waals surface area contributed by atoms with Crippen LogP contribution in [0.15, 0.2) is 55.2 Å². The van der Waals surface area contributed by atoms with Crippen molar-refractivity contribution in [2.75, 3.05) is 12.4 Å². The molecule has 0 unspecified atom stereocenters. The lowest BCUT2D eigenvalue weighted by molar-refractivity contribution is 0.281. The molecular weight excluding hydrogens is 370 g/mol. The Morgan fingerprint density at radius 2 is 1.90 bits per heavy atom. The molecule has 4 aromatic rings. The van der Waals surface area contributed by atoms with Crippen LogP contribution in [0.4, 0.5) is 11.5 Å². The lowest BCUT2D eigenvalue weighted by atomic mass is 10.2. The Bertz CT molecular complexity index is 1150. The molecule has 4 rings (SSSR count). The summed E-state index contributed by atoms with van der Waals surface area (Å²) in [7, 11) is 1.58. The van der Waals surface area contributed by atoms with Crippen molar-refractivity contribution in [3.05, 3.63) is 66.5 Å². The van der Waals surface area contributed by atoms with Gasteiger partial charge in [0.25, 0.3) is 0 Å². The molecule has 0 aliphatic heterocycles. The molecule has 0 aliphatic carbocycles. The molecule has 0 fully saturated rings. The summed E-state index contributed by atoms with van der Waals surface area (Å²) in [6, 6.07) is 10.8. The normalized spacial score (nSPS) is 10.7. The molecule has 0 saturated carbocycles. The first-order valence-electron chi connectivity index (χ1n) is 8.91. The number of anilines is 2. The van der Waals surface area contributed by atoms with Crippen LogP contribution in [0.2, 0.25) is 0 Å². The highest BCUT2D eigenvalue weighted by molar-refractivity contribution is 5.93. The standard InChI is InChI=1S/C21H19N5O3/c1-13-3-4-14(7-18(13)27)26-21-16-8-19(28-2)20(9-17(16)24-12-25-21)29-10-15-5-6-22-11-23-15/h3-9,11-12,27H,10H2,1-2H3,(H,24,25,26). The Morgan fingerprint density at radius 1 is 1.00 bits per heavy atom. The second-order valence-electron chi connectivity index (χ2n) is 6.36. The molecule has 0 radical (unpaired) electrons. The molecule has 2 aromatic carbocycles. The summed E-state index contributed by atoms with van der Waals surface area (Å²) in [6.45, 7) is 2.12. The van der Waals surface area contributed by atoms with Crippen molar-refractivity contribution in [2.24, 2.45) is 0 Å². The van der Waals surface area contributed by atoms with E-state index in [1.54, 1.807) is 31.5 Å². The van der Waals surface area contributed by atoms with Gasteiger partial charge >= 0.3 is 0 Å². The molecule has 0 saturated heterocycles. The van der Waals surface area contributed by atoms with Crippen LogP contribution >= 0.6 is 0 Å². The number of aromatic hydroxyl groups is 1. The molecule has 2 heterocycles. The molecule has 2 N–H and O–H groups in total. The van der Waals surface area contributed by atoms with Gasteiger partial charge in [-0.15, -0.1) is 0 Å². The third-order valence-corrected chi connectivity index (χ3v) is 4.41. The average Bonchev–Trinajstić information content (AvgIpc) is 2.75. The number of methoxy groups -OCH3 is 1. The Morgan fingerprint density at radius 3 is 2.66 bits per heavy atom. The quantitative estimate of drug-likeness (QED) is 0.514. The molecule has 8 nitrogen and oxygen atoms in total. The summed E-state index contributed by atoms with van der Waals surface area (Å²) in [5.41, 5.74) is 2.97. The molecule has 0 atom stereocenters. The van der Waals surface area contributed by atoms with Gasteiger partial charge in [-0.3, -0.25) is 0 Å². The number of phenolic OH excluding ortho intramolecular Hbond substituents is 1. The summed E-state index contributed by atoms with van der Waals surface area (Å²) in [4.78, 5) is 16.7. The Labute approximate surface area is 167 Å². The number of hydrogen-bond donors (Lipinski definition) is 2. The van der Waals surface area contributed by atoms with E-state index >= 15 is 0 Å². The van der Waals surface area contributed by atoms with Crippen LogP contribution in [-0.2, 0) is 6.61 Å². The fourth-order valence-corrected chi connectivity index (χ4v) is 2.81. The van der Waals surface area contributed by atoms with Gasteiger partial charge in [-0.2, -0.15) is 0 Å². The third-order valence-electron chi connectivity index (χ3n) is 4.41. The number of nitrogens with one attached hydrogen (secondary N) is 1. The Balaban J connectivity index is 1.66. The fraction of sp³-hybridized carbons (Fsp3) is 0.143. The highest BCUT2D eigenvalue weighted by Gasteiger charge is 2.13. The number of aromatic nitrogens is 4. The van der Waals surface area contributed by atoms with Gasteiger partial charge in [-0.05, 0) is 30.7 Å². The predicted molar refractivity (Wildman–Crippen MR) is 109 cm³/mol. The maximum absolute atomic E-state index is 9.94. The smallest absolute Gasteiger partial charge is 0.163 e. The van der Waals surface area contributed by atoms with Crippen LogP contribution in [0.5, 0.6) is 17.2 Å². The summed E-state index contributed by atoms with van der Waals surface area (Å²) in [5, 5.41) is 13.9. The van der Waals surface area contributed by atoms with Crippen LogP contribution in [0.3, 0.4) is 0 Å². The van der Waals surface area contributed by atoms with Gasteiger partial charge in [0.2, 0.25) is 0 Å². The number of rotatable bonds is 6. The average molecular weight is 389 g/mol. The first kappa shape index (κ1) is 18.4. The van der Waals surface area contributed by atoms with Gasteiger partial charge in [0, 0.05) is 29.4 Å². The van der Waals surface area contributed by atoms with Crippen molar-refractivity contribution < 1.29 is 14.6 Å². The summed E-state index contributed by atoms with van der Waals surface area (Å²) in [5.74, 6) is 1.91. The van der Waals surface area contributed by atoms with Crippen molar-refractivity contribution >= 4 is 22.4 Å². The van der Waals surface area contributed by atoms with Crippen LogP contribution in [0.25, 0.3) is 10.9 Å². The van der Waals surface area contributed by atoms with E-state index in [1.807, 2.05) is 25.1 Å². The second kappa shape index (κ2) is 7.97. The van der Waals surface area contributed by atoms with E-state index in [2.05, 4.69) is 25.3 Å². The number of fused-ring (bicyclic) bond motifs is 1. The van der Waals surface area contributed by atoms with Gasteiger partial charge in [-0.25, -0.2) is 19.9 Å². The minimum Gasteiger partial charge on any atom is -0.508 e. The van der Waals surface area contributed by atoms with Crippen molar-refractivity contribution in [1.29, 1.82) is 0 Å². The van der Waals surface area contributed by atoms with E-state index < -0.39 is 0 Å². The van der Waals surface area contributed by atoms with E-state index in [-0.39, 0.29) is 12.4 Å². The second-order valence-corrected chi connectivity index (χ2v) is 6.36. The molecule has 29 heavy (non-hydrogen) atoms. The van der Waals surface area contributed by atoms with Gasteiger partial charge < -0.3 is 19.9 Å². The zero-order chi connectivity index (χ0) is 20.2. The Hall–Kier alpha value is -3.94. The number of nitrogens with zero attached hydrogens (tertiary/aromatic N) is 4. The van der Waals surface area contributed by atoms with Crippen LogP contribution < -0.4 is 14.8 Å². The van der Waals surface area contributed by atoms with Gasteiger partial charge in [0.15, 0.2) is 11.5 Å². The first-order chi connectivity index (χ1) is 14.1. The lowest BCUT2D eigenvalue weighted by Crippen LogP contribution is -2.01. The van der Waals surface area contributed by atoms with E-state index in [0.717, 1.165) is 22.3 Å². The molecule has 2 aromatic heterocycles. The monoisotopic (exact) mass is 389 g/mol. The predicted octanol–water partition coefficient (Wildman–Crippen LogP) is 3.77. The zero-order valence-corrected chi connectivity index (χ0v) is 16.0. The van der Waals surface area contributed by atoms with E-state index in [1.165, 1.54) is 12.7 Å². The van der Waals surface area contributed by atoms with Crippen molar-refractivity contribution in [3.63, 3.8) is 0 Å². The van der Waals surface area contributed by atoms with Gasteiger partial charge in [0.1, 0.15) is 30.8 Å². The highest BCUT2D eigenvalue weighted by atomic mass is 16.5. The van der Waals surface area contributed by atoms with Crippen LogP contribution in [-0.4, -0.2) is 32.2 Å². The number of phenols is 1. The van der Waals surface area contributed by atoms with Crippen molar-refractivity contribution in [3.8, 4) is 17.2 Å².